The van der Waals surface area contributed by atoms with E-state index in [-0.39, 0.29) is 24.8 Å². The van der Waals surface area contributed by atoms with Crippen molar-refractivity contribution in [3.05, 3.63) is 0 Å². The summed E-state index contributed by atoms with van der Waals surface area (Å²) in [7, 11) is 0. The summed E-state index contributed by atoms with van der Waals surface area (Å²) >= 11 is 2.47. The average molecular weight is 177 g/mol. The van der Waals surface area contributed by atoms with Gasteiger partial charge in [-0.15, -0.1) is 24.8 Å². The molecule has 5 heavy (non-hydrogen) atoms. The minimum absolute atomic E-state index is 0. The average Bonchev–Trinajstić information content (AvgIpc) is 0.918. The van der Waals surface area contributed by atoms with E-state index in [2.05, 4.69) is 23.8 Å². The molecule has 0 aromatic carbocycles. The fraction of sp³-hybridized carbons (Fsp3) is 1.00. The first-order valence-corrected chi connectivity index (χ1v) is 2.35. The summed E-state index contributed by atoms with van der Waals surface area (Å²) in [4.78, 5) is 0. The topological polar surface area (TPSA) is 0 Å². The summed E-state index contributed by atoms with van der Waals surface area (Å²) < 4.78 is 0. The molecule has 0 saturated heterocycles. The van der Waals surface area contributed by atoms with Gasteiger partial charge in [0.15, 0.2) is 0 Å². The fourth-order valence-electron chi connectivity index (χ4n) is 0. The zero-order valence-corrected chi connectivity index (χ0v) is 6.48. The molecule has 2 radical (unpaired) electrons. The standard InChI is InChI=1S/C2H5As.2ClH/c1-2-3;;/h2H2,1H3;2*1H. The number of rotatable bonds is 0. The Balaban J connectivity index is -0.0000000200. The first-order valence-electron chi connectivity index (χ1n) is 1.02. The van der Waals surface area contributed by atoms with Crippen molar-refractivity contribution in [3.8, 4) is 0 Å². The molecule has 0 bridgehead atoms. The van der Waals surface area contributed by atoms with E-state index in [1.54, 1.807) is 0 Å². The molecule has 0 aliphatic rings. The van der Waals surface area contributed by atoms with Crippen LogP contribution in [0.15, 0.2) is 0 Å². The van der Waals surface area contributed by atoms with Crippen LogP contribution in [0.3, 0.4) is 0 Å². The van der Waals surface area contributed by atoms with E-state index in [9.17, 15) is 0 Å². The third kappa shape index (κ3) is 39.1. The molecule has 0 spiro atoms. The molecule has 0 atom stereocenters. The first-order chi connectivity index (χ1) is 1.41. The van der Waals surface area contributed by atoms with Gasteiger partial charge in [0, 0.05) is 0 Å². The van der Waals surface area contributed by atoms with E-state index in [0.717, 1.165) is 0 Å². The Morgan fingerprint density at radius 1 is 1.40 bits per heavy atom. The van der Waals surface area contributed by atoms with Crippen molar-refractivity contribution in [3.63, 3.8) is 0 Å². The zero-order valence-electron chi connectivity index (χ0n) is 2.97. The molecule has 0 rings (SSSR count). The molecule has 0 fully saturated rings. The summed E-state index contributed by atoms with van der Waals surface area (Å²) in [5, 5.41) is 1.19. The van der Waals surface area contributed by atoms with Gasteiger partial charge in [0.05, 0.1) is 0 Å². The predicted molar refractivity (Wildman–Crippen MR) is 30.7 cm³/mol. The molecule has 0 N–H and O–H groups in total. The first kappa shape index (κ1) is 16.5. The van der Waals surface area contributed by atoms with E-state index in [4.69, 9.17) is 0 Å². The minimum Gasteiger partial charge on any atom is -0.147 e. The maximum atomic E-state index is 2.47. The van der Waals surface area contributed by atoms with Gasteiger partial charge in [0.2, 0.25) is 0 Å². The molecule has 0 heterocycles. The summed E-state index contributed by atoms with van der Waals surface area (Å²) in [5.74, 6) is 0. The van der Waals surface area contributed by atoms with Crippen molar-refractivity contribution in [2.75, 3.05) is 0 Å². The number of hydrogen-bond acceptors (Lipinski definition) is 0. The van der Waals surface area contributed by atoms with E-state index in [0.29, 0.717) is 0 Å². The van der Waals surface area contributed by atoms with Gasteiger partial charge in [0.1, 0.15) is 0 Å². The van der Waals surface area contributed by atoms with E-state index in [1.807, 2.05) is 0 Å². The fourth-order valence-corrected chi connectivity index (χ4v) is 0. The second-order valence-electron chi connectivity index (χ2n) is 0.316. The van der Waals surface area contributed by atoms with E-state index >= 15 is 0 Å². The van der Waals surface area contributed by atoms with Gasteiger partial charge in [-0.05, 0) is 0 Å². The van der Waals surface area contributed by atoms with Gasteiger partial charge in [-0.3, -0.25) is 0 Å². The van der Waals surface area contributed by atoms with Gasteiger partial charge in [-0.25, -0.2) is 0 Å². The van der Waals surface area contributed by atoms with Crippen LogP contribution in [-0.4, -0.2) is 16.9 Å². The molecule has 0 aliphatic carbocycles. The Morgan fingerprint density at radius 3 is 1.40 bits per heavy atom. The van der Waals surface area contributed by atoms with E-state index < -0.39 is 0 Å². The Kier molecular flexibility index (Phi) is 63.3. The van der Waals surface area contributed by atoms with Crippen molar-refractivity contribution in [2.45, 2.75) is 12.1 Å². The van der Waals surface area contributed by atoms with Crippen LogP contribution in [0.5, 0.6) is 0 Å². The summed E-state index contributed by atoms with van der Waals surface area (Å²) in [6, 6.07) is 0. The van der Waals surface area contributed by atoms with Crippen molar-refractivity contribution >= 4 is 41.7 Å². The zero-order chi connectivity index (χ0) is 2.71. The van der Waals surface area contributed by atoms with Crippen LogP contribution < -0.4 is 0 Å². The molecule has 0 unspecified atom stereocenters. The Bertz CT molecular complexity index is 7.61. The molecule has 0 saturated carbocycles. The van der Waals surface area contributed by atoms with E-state index in [1.165, 1.54) is 5.21 Å². The van der Waals surface area contributed by atoms with Gasteiger partial charge in [-0.2, -0.15) is 0 Å². The Labute approximate surface area is 54.0 Å². The third-order valence-electron chi connectivity index (χ3n) is 0. The number of halogens is 2. The van der Waals surface area contributed by atoms with Crippen LogP contribution in [0.25, 0.3) is 0 Å². The summed E-state index contributed by atoms with van der Waals surface area (Å²) in [6.07, 6.45) is 0. The van der Waals surface area contributed by atoms with Crippen LogP contribution in [-0.2, 0) is 0 Å². The molecule has 34 valence electrons. The SMILES string of the molecule is CC[As].Cl.Cl. The van der Waals surface area contributed by atoms with Crippen LogP contribution >= 0.6 is 24.8 Å². The molecule has 0 aromatic rings. The Morgan fingerprint density at radius 2 is 1.40 bits per heavy atom. The smallest absolute Gasteiger partial charge is 0.147 e. The monoisotopic (exact) mass is 176 g/mol. The summed E-state index contributed by atoms with van der Waals surface area (Å²) in [5.41, 5.74) is 0. The molecule has 0 aliphatic heterocycles. The van der Waals surface area contributed by atoms with Gasteiger partial charge in [-0.1, -0.05) is 0 Å². The maximum absolute atomic E-state index is 2.47. The van der Waals surface area contributed by atoms with Crippen molar-refractivity contribution in [1.82, 2.24) is 0 Å². The van der Waals surface area contributed by atoms with Crippen LogP contribution in [0, 0.1) is 0 Å². The van der Waals surface area contributed by atoms with Crippen LogP contribution in [0.1, 0.15) is 6.92 Å². The summed E-state index contributed by atoms with van der Waals surface area (Å²) in [6.45, 7) is 2.10. The third-order valence-corrected chi connectivity index (χ3v) is 0. The minimum atomic E-state index is 0. The maximum Gasteiger partial charge on any atom is -0.147 e. The van der Waals surface area contributed by atoms with Crippen LogP contribution in [0.4, 0.5) is 0 Å². The van der Waals surface area contributed by atoms with Gasteiger partial charge in [0.25, 0.3) is 0 Å². The van der Waals surface area contributed by atoms with Crippen LogP contribution in [0.2, 0.25) is 5.21 Å². The second-order valence-corrected chi connectivity index (χ2v) is 1.64. The quantitative estimate of drug-likeness (QED) is 0.491. The molecule has 0 nitrogen and oxygen atoms in total. The largest absolute Gasteiger partial charge is 0.147 e. The van der Waals surface area contributed by atoms with Gasteiger partial charge >= 0.3 is 29.0 Å². The van der Waals surface area contributed by atoms with Crippen molar-refractivity contribution in [1.29, 1.82) is 0 Å². The van der Waals surface area contributed by atoms with Gasteiger partial charge < -0.3 is 0 Å². The molecule has 0 amide bonds. The number of hydrogen-bond donors (Lipinski definition) is 0. The Hall–Kier alpha value is 1.14. The second kappa shape index (κ2) is 19.2. The molecular formula is C2H7AsCl2. The molecule has 3 heteroatoms. The predicted octanol–water partition coefficient (Wildman–Crippen LogP) is 1.44. The molecular weight excluding hydrogens is 170 g/mol. The normalized spacial score (nSPS) is 3.60. The van der Waals surface area contributed by atoms with Crippen molar-refractivity contribution < 1.29 is 0 Å². The van der Waals surface area contributed by atoms with Crippen molar-refractivity contribution in [2.24, 2.45) is 0 Å². The molecule has 0 aromatic heterocycles.